The van der Waals surface area contributed by atoms with Gasteiger partial charge in [-0.05, 0) is 54.2 Å². The summed E-state index contributed by atoms with van der Waals surface area (Å²) in [5.74, 6) is 0.695. The third-order valence-electron chi connectivity index (χ3n) is 4.49. The van der Waals surface area contributed by atoms with Crippen LogP contribution in [-0.4, -0.2) is 18.2 Å². The molecule has 3 nitrogen and oxygen atoms in total. The molecule has 0 aliphatic heterocycles. The Morgan fingerprint density at radius 1 is 1.45 bits per heavy atom. The molecule has 0 bridgehead atoms. The number of carbonyl (C=O) groups is 1. The summed E-state index contributed by atoms with van der Waals surface area (Å²) in [4.78, 5) is 11.1. The Hall–Kier alpha value is -1.51. The van der Waals surface area contributed by atoms with Gasteiger partial charge in [0.15, 0.2) is 0 Å². The molecule has 1 aromatic rings. The average Bonchev–Trinajstić information content (AvgIpc) is 2.40. The van der Waals surface area contributed by atoms with Crippen LogP contribution in [0.25, 0.3) is 0 Å². The highest BCUT2D eigenvalue weighted by Crippen LogP contribution is 2.48. The number of aliphatic carboxylic acids is 1. The number of methoxy groups -OCH3 is 1. The summed E-state index contributed by atoms with van der Waals surface area (Å²) in [6, 6.07) is 8.08. The van der Waals surface area contributed by atoms with Crippen LogP contribution in [0.15, 0.2) is 24.3 Å². The highest BCUT2D eigenvalue weighted by atomic mass is 16.5. The lowest BCUT2D eigenvalue weighted by atomic mass is 9.64. The van der Waals surface area contributed by atoms with Crippen molar-refractivity contribution in [2.45, 2.75) is 45.4 Å². The van der Waals surface area contributed by atoms with Gasteiger partial charge in [-0.2, -0.15) is 0 Å². The van der Waals surface area contributed by atoms with Crippen LogP contribution < -0.4 is 4.74 Å². The predicted molar refractivity (Wildman–Crippen MR) is 79.1 cm³/mol. The second-order valence-electron chi connectivity index (χ2n) is 6.65. The summed E-state index contributed by atoms with van der Waals surface area (Å²) in [6.45, 7) is 4.55. The standard InChI is InChI=1S/C17H24O3/c1-17(2)8-7-13(10-16(18)19)15(11-17)12-5-4-6-14(9-12)20-3/h4-6,9,13,15H,7-8,10-11H2,1-3H3,(H,18,19)/t13-,15+/m1/s1. The van der Waals surface area contributed by atoms with Gasteiger partial charge in [-0.1, -0.05) is 26.0 Å². The quantitative estimate of drug-likeness (QED) is 0.901. The number of carboxylic acids is 1. The lowest BCUT2D eigenvalue weighted by molar-refractivity contribution is -0.138. The summed E-state index contributed by atoms with van der Waals surface area (Å²) < 4.78 is 5.30. The zero-order valence-corrected chi connectivity index (χ0v) is 12.6. The van der Waals surface area contributed by atoms with Crippen molar-refractivity contribution in [1.29, 1.82) is 0 Å². The van der Waals surface area contributed by atoms with Crippen LogP contribution in [-0.2, 0) is 4.79 Å². The van der Waals surface area contributed by atoms with E-state index in [1.807, 2.05) is 12.1 Å². The number of hydrogen-bond donors (Lipinski definition) is 1. The minimum Gasteiger partial charge on any atom is -0.497 e. The van der Waals surface area contributed by atoms with Crippen molar-refractivity contribution in [1.82, 2.24) is 0 Å². The van der Waals surface area contributed by atoms with Gasteiger partial charge in [0.05, 0.1) is 7.11 Å². The average molecular weight is 276 g/mol. The van der Waals surface area contributed by atoms with Gasteiger partial charge in [0.25, 0.3) is 0 Å². The molecule has 0 heterocycles. The fourth-order valence-corrected chi connectivity index (χ4v) is 3.37. The molecule has 20 heavy (non-hydrogen) atoms. The Morgan fingerprint density at radius 2 is 2.20 bits per heavy atom. The van der Waals surface area contributed by atoms with E-state index in [0.717, 1.165) is 25.0 Å². The topological polar surface area (TPSA) is 46.5 Å². The predicted octanol–water partition coefficient (Wildman–Crippen LogP) is 4.08. The molecule has 1 aliphatic carbocycles. The third kappa shape index (κ3) is 3.53. The van der Waals surface area contributed by atoms with Gasteiger partial charge in [0.1, 0.15) is 5.75 Å². The van der Waals surface area contributed by atoms with Crippen molar-refractivity contribution < 1.29 is 14.6 Å². The first-order chi connectivity index (χ1) is 9.41. The van der Waals surface area contributed by atoms with E-state index in [9.17, 15) is 4.79 Å². The van der Waals surface area contributed by atoms with Crippen LogP contribution in [0.4, 0.5) is 0 Å². The number of hydrogen-bond acceptors (Lipinski definition) is 2. The Labute approximate surface area is 121 Å². The second kappa shape index (κ2) is 5.86. The zero-order valence-electron chi connectivity index (χ0n) is 12.6. The van der Waals surface area contributed by atoms with Crippen LogP contribution in [0.5, 0.6) is 5.75 Å². The van der Waals surface area contributed by atoms with Crippen molar-refractivity contribution in [3.63, 3.8) is 0 Å². The van der Waals surface area contributed by atoms with Gasteiger partial charge in [-0.15, -0.1) is 0 Å². The van der Waals surface area contributed by atoms with Gasteiger partial charge in [-0.25, -0.2) is 0 Å². The summed E-state index contributed by atoms with van der Waals surface area (Å²) in [5.41, 5.74) is 1.49. The molecule has 2 rings (SSSR count). The molecule has 3 heteroatoms. The van der Waals surface area contributed by atoms with E-state index < -0.39 is 5.97 Å². The molecule has 0 unspecified atom stereocenters. The van der Waals surface area contributed by atoms with Crippen LogP contribution >= 0.6 is 0 Å². The lowest BCUT2D eigenvalue weighted by Gasteiger charge is -2.40. The van der Waals surface area contributed by atoms with E-state index in [1.165, 1.54) is 5.56 Å². The summed E-state index contributed by atoms with van der Waals surface area (Å²) in [6.07, 6.45) is 3.39. The Bertz CT molecular complexity index is 479. The number of benzene rings is 1. The molecule has 1 saturated carbocycles. The van der Waals surface area contributed by atoms with E-state index in [0.29, 0.717) is 5.92 Å². The highest BCUT2D eigenvalue weighted by molar-refractivity contribution is 5.67. The first-order valence-corrected chi connectivity index (χ1v) is 7.27. The molecule has 1 aliphatic rings. The van der Waals surface area contributed by atoms with Crippen LogP contribution in [0.2, 0.25) is 0 Å². The zero-order chi connectivity index (χ0) is 14.8. The maximum Gasteiger partial charge on any atom is 0.303 e. The largest absolute Gasteiger partial charge is 0.497 e. The fourth-order valence-electron chi connectivity index (χ4n) is 3.37. The second-order valence-corrected chi connectivity index (χ2v) is 6.65. The van der Waals surface area contributed by atoms with Crippen molar-refractivity contribution in [2.24, 2.45) is 11.3 Å². The van der Waals surface area contributed by atoms with Crippen LogP contribution in [0.1, 0.15) is 51.0 Å². The molecule has 0 aromatic heterocycles. The van der Waals surface area contributed by atoms with E-state index in [-0.39, 0.29) is 17.8 Å². The van der Waals surface area contributed by atoms with Crippen LogP contribution in [0, 0.1) is 11.3 Å². The molecule has 1 aromatic carbocycles. The fraction of sp³-hybridized carbons (Fsp3) is 0.588. The van der Waals surface area contributed by atoms with Gasteiger partial charge < -0.3 is 9.84 Å². The molecular weight excluding hydrogens is 252 g/mol. The minimum atomic E-state index is -0.692. The van der Waals surface area contributed by atoms with E-state index >= 15 is 0 Å². The van der Waals surface area contributed by atoms with Gasteiger partial charge in [0.2, 0.25) is 0 Å². The van der Waals surface area contributed by atoms with Crippen LogP contribution in [0.3, 0.4) is 0 Å². The van der Waals surface area contributed by atoms with Gasteiger partial charge in [-0.3, -0.25) is 4.79 Å². The highest BCUT2D eigenvalue weighted by Gasteiger charge is 2.36. The molecule has 0 spiro atoms. The van der Waals surface area contributed by atoms with E-state index in [2.05, 4.69) is 26.0 Å². The van der Waals surface area contributed by atoms with Crippen molar-refractivity contribution >= 4 is 5.97 Å². The number of rotatable bonds is 4. The number of carboxylic acid groups (broad SMARTS) is 1. The molecule has 0 amide bonds. The van der Waals surface area contributed by atoms with Crippen molar-refractivity contribution in [3.8, 4) is 5.75 Å². The first kappa shape index (κ1) is 14.9. The molecule has 2 atom stereocenters. The minimum absolute atomic E-state index is 0.229. The summed E-state index contributed by atoms with van der Waals surface area (Å²) >= 11 is 0. The maximum atomic E-state index is 11.1. The SMILES string of the molecule is COc1cccc([C@@H]2CC(C)(C)CC[C@@H]2CC(=O)O)c1. The third-order valence-corrected chi connectivity index (χ3v) is 4.49. The lowest BCUT2D eigenvalue weighted by Crippen LogP contribution is -2.30. The Morgan fingerprint density at radius 3 is 2.85 bits per heavy atom. The summed E-state index contributed by atoms with van der Waals surface area (Å²) in [7, 11) is 1.67. The molecule has 1 N–H and O–H groups in total. The molecule has 0 radical (unpaired) electrons. The van der Waals surface area contributed by atoms with Gasteiger partial charge >= 0.3 is 5.97 Å². The Balaban J connectivity index is 2.27. The molecule has 1 fully saturated rings. The summed E-state index contributed by atoms with van der Waals surface area (Å²) in [5, 5.41) is 9.14. The smallest absolute Gasteiger partial charge is 0.303 e. The maximum absolute atomic E-state index is 11.1. The number of ether oxygens (including phenoxy) is 1. The molecular formula is C17H24O3. The molecule has 0 saturated heterocycles. The Kier molecular flexibility index (Phi) is 4.36. The monoisotopic (exact) mass is 276 g/mol. The normalized spacial score (nSPS) is 25.1. The van der Waals surface area contributed by atoms with Crippen molar-refractivity contribution in [2.75, 3.05) is 7.11 Å². The van der Waals surface area contributed by atoms with E-state index in [1.54, 1.807) is 7.11 Å². The van der Waals surface area contributed by atoms with Gasteiger partial charge in [0, 0.05) is 6.42 Å². The van der Waals surface area contributed by atoms with E-state index in [4.69, 9.17) is 9.84 Å². The first-order valence-electron chi connectivity index (χ1n) is 7.27. The van der Waals surface area contributed by atoms with Crippen molar-refractivity contribution in [3.05, 3.63) is 29.8 Å². The molecule has 110 valence electrons.